The first-order chi connectivity index (χ1) is 5.25. The molecule has 0 aliphatic heterocycles. The summed E-state index contributed by atoms with van der Waals surface area (Å²) in [6.07, 6.45) is -5.65. The third kappa shape index (κ3) is 3.92. The second kappa shape index (κ2) is 4.09. The van der Waals surface area contributed by atoms with Gasteiger partial charge in [-0.05, 0) is 13.3 Å². The van der Waals surface area contributed by atoms with E-state index in [1.54, 1.807) is 0 Å². The Morgan fingerprint density at radius 1 is 1.33 bits per heavy atom. The van der Waals surface area contributed by atoms with Gasteiger partial charge in [0, 0.05) is 6.04 Å². The molecule has 0 aromatic rings. The van der Waals surface area contributed by atoms with E-state index in [4.69, 9.17) is 10.8 Å². The zero-order chi connectivity index (χ0) is 9.94. The lowest BCUT2D eigenvalue weighted by molar-refractivity contribution is -0.177. The third-order valence-electron chi connectivity index (χ3n) is 1.76. The Kier molecular flexibility index (Phi) is 3.99. The number of alkyl halides is 3. The molecule has 0 aromatic heterocycles. The molecular formula is C7H14F3NO. The van der Waals surface area contributed by atoms with Crippen LogP contribution in [0.4, 0.5) is 13.2 Å². The Balaban J connectivity index is 3.93. The van der Waals surface area contributed by atoms with Crippen LogP contribution in [0.5, 0.6) is 0 Å². The van der Waals surface area contributed by atoms with Crippen molar-refractivity contribution in [2.24, 2.45) is 11.7 Å². The summed E-state index contributed by atoms with van der Waals surface area (Å²) in [5.74, 6) is -1.50. The topological polar surface area (TPSA) is 46.2 Å². The molecule has 0 aliphatic rings. The van der Waals surface area contributed by atoms with Crippen LogP contribution in [0.25, 0.3) is 0 Å². The fourth-order valence-corrected chi connectivity index (χ4v) is 0.711. The normalized spacial score (nSPS) is 20.2. The molecule has 3 N–H and O–H groups in total. The second-order valence-corrected chi connectivity index (χ2v) is 3.10. The lowest BCUT2D eigenvalue weighted by Gasteiger charge is -2.21. The lowest BCUT2D eigenvalue weighted by atomic mass is 9.99. The number of hydrogen-bond acceptors (Lipinski definition) is 2. The molecule has 74 valence electrons. The fraction of sp³-hybridized carbons (Fsp3) is 1.00. The van der Waals surface area contributed by atoms with Gasteiger partial charge in [0.2, 0.25) is 0 Å². The first kappa shape index (κ1) is 11.7. The molecule has 0 fully saturated rings. The third-order valence-corrected chi connectivity index (χ3v) is 1.76. The minimum absolute atomic E-state index is 0.332. The standard InChI is InChI=1S/C7H14F3NO/c1-4(7(8,9)10)3-6(12)5(2)11/h4-6,12H,3,11H2,1-2H3. The van der Waals surface area contributed by atoms with Gasteiger partial charge in [0.1, 0.15) is 0 Å². The van der Waals surface area contributed by atoms with E-state index >= 15 is 0 Å². The number of hydrogen-bond donors (Lipinski definition) is 2. The monoisotopic (exact) mass is 185 g/mol. The summed E-state index contributed by atoms with van der Waals surface area (Å²) >= 11 is 0. The van der Waals surface area contributed by atoms with Gasteiger partial charge in [-0.1, -0.05) is 6.92 Å². The molecule has 12 heavy (non-hydrogen) atoms. The van der Waals surface area contributed by atoms with Crippen molar-refractivity contribution in [3.63, 3.8) is 0 Å². The van der Waals surface area contributed by atoms with Crippen molar-refractivity contribution in [3.8, 4) is 0 Å². The van der Waals surface area contributed by atoms with Crippen molar-refractivity contribution in [1.29, 1.82) is 0 Å². The molecule has 0 heterocycles. The van der Waals surface area contributed by atoms with Crippen LogP contribution in [0.3, 0.4) is 0 Å². The summed E-state index contributed by atoms with van der Waals surface area (Å²) in [4.78, 5) is 0. The number of nitrogens with two attached hydrogens (primary N) is 1. The number of aliphatic hydroxyl groups is 1. The Labute approximate surface area is 69.6 Å². The quantitative estimate of drug-likeness (QED) is 0.695. The fourth-order valence-electron chi connectivity index (χ4n) is 0.711. The van der Waals surface area contributed by atoms with Crippen LogP contribution in [0.1, 0.15) is 20.3 Å². The summed E-state index contributed by atoms with van der Waals surface area (Å²) in [6.45, 7) is 2.51. The Hall–Kier alpha value is -0.290. The predicted molar refractivity (Wildman–Crippen MR) is 39.5 cm³/mol. The van der Waals surface area contributed by atoms with E-state index in [2.05, 4.69) is 0 Å². The molecular weight excluding hydrogens is 171 g/mol. The minimum atomic E-state index is -4.24. The van der Waals surface area contributed by atoms with E-state index in [0.717, 1.165) is 6.92 Å². The van der Waals surface area contributed by atoms with E-state index in [1.807, 2.05) is 0 Å². The van der Waals surface area contributed by atoms with Gasteiger partial charge < -0.3 is 10.8 Å². The molecule has 0 radical (unpaired) electrons. The summed E-state index contributed by atoms with van der Waals surface area (Å²) in [5, 5.41) is 9.04. The van der Waals surface area contributed by atoms with Crippen LogP contribution in [0, 0.1) is 5.92 Å². The SMILES string of the molecule is CC(N)C(O)CC(C)C(F)(F)F. The highest BCUT2D eigenvalue weighted by molar-refractivity contribution is 4.72. The van der Waals surface area contributed by atoms with Crippen LogP contribution in [0.2, 0.25) is 0 Å². The van der Waals surface area contributed by atoms with Gasteiger partial charge in [0.05, 0.1) is 12.0 Å². The summed E-state index contributed by atoms with van der Waals surface area (Å²) < 4.78 is 35.8. The van der Waals surface area contributed by atoms with Crippen LogP contribution >= 0.6 is 0 Å². The highest BCUT2D eigenvalue weighted by atomic mass is 19.4. The van der Waals surface area contributed by atoms with Crippen molar-refractivity contribution in [3.05, 3.63) is 0 Å². The van der Waals surface area contributed by atoms with Crippen molar-refractivity contribution in [2.75, 3.05) is 0 Å². The molecule has 3 atom stereocenters. The largest absolute Gasteiger partial charge is 0.392 e. The molecule has 0 bridgehead atoms. The molecule has 0 amide bonds. The van der Waals surface area contributed by atoms with Crippen LogP contribution < -0.4 is 5.73 Å². The van der Waals surface area contributed by atoms with Crippen molar-refractivity contribution < 1.29 is 18.3 Å². The molecule has 0 aromatic carbocycles. The zero-order valence-electron chi connectivity index (χ0n) is 7.10. The van der Waals surface area contributed by atoms with E-state index in [-0.39, 0.29) is 6.42 Å². The molecule has 3 unspecified atom stereocenters. The molecule has 0 saturated carbocycles. The molecule has 0 spiro atoms. The maximum absolute atomic E-state index is 11.9. The number of rotatable bonds is 3. The first-order valence-corrected chi connectivity index (χ1v) is 3.75. The summed E-state index contributed by atoms with van der Waals surface area (Å²) in [6, 6.07) is -0.616. The van der Waals surface area contributed by atoms with Gasteiger partial charge in [-0.2, -0.15) is 13.2 Å². The smallest absolute Gasteiger partial charge is 0.391 e. The van der Waals surface area contributed by atoms with Crippen LogP contribution in [-0.4, -0.2) is 23.4 Å². The number of halogens is 3. The van der Waals surface area contributed by atoms with Gasteiger partial charge >= 0.3 is 6.18 Å². The van der Waals surface area contributed by atoms with Gasteiger partial charge in [-0.3, -0.25) is 0 Å². The molecule has 0 rings (SSSR count). The Morgan fingerprint density at radius 2 is 1.75 bits per heavy atom. The van der Waals surface area contributed by atoms with E-state index in [9.17, 15) is 13.2 Å². The number of aliphatic hydroxyl groups excluding tert-OH is 1. The van der Waals surface area contributed by atoms with Crippen molar-refractivity contribution in [2.45, 2.75) is 38.6 Å². The van der Waals surface area contributed by atoms with E-state index in [1.165, 1.54) is 6.92 Å². The average Bonchev–Trinajstić information content (AvgIpc) is 1.85. The summed E-state index contributed by atoms with van der Waals surface area (Å²) in [7, 11) is 0. The summed E-state index contributed by atoms with van der Waals surface area (Å²) in [5.41, 5.74) is 5.21. The molecule has 0 saturated heterocycles. The van der Waals surface area contributed by atoms with Gasteiger partial charge in [-0.25, -0.2) is 0 Å². The maximum Gasteiger partial charge on any atom is 0.391 e. The molecule has 2 nitrogen and oxygen atoms in total. The predicted octanol–water partition coefficient (Wildman–Crippen LogP) is 1.28. The molecule has 5 heteroatoms. The first-order valence-electron chi connectivity index (χ1n) is 3.75. The van der Waals surface area contributed by atoms with Crippen LogP contribution in [0.15, 0.2) is 0 Å². The van der Waals surface area contributed by atoms with Gasteiger partial charge in [0.25, 0.3) is 0 Å². The second-order valence-electron chi connectivity index (χ2n) is 3.10. The van der Waals surface area contributed by atoms with Crippen molar-refractivity contribution in [1.82, 2.24) is 0 Å². The lowest BCUT2D eigenvalue weighted by Crippen LogP contribution is -2.35. The Morgan fingerprint density at radius 3 is 2.00 bits per heavy atom. The van der Waals surface area contributed by atoms with Crippen LogP contribution in [-0.2, 0) is 0 Å². The van der Waals surface area contributed by atoms with Gasteiger partial charge in [-0.15, -0.1) is 0 Å². The maximum atomic E-state index is 11.9. The Bertz CT molecular complexity index is 135. The average molecular weight is 185 g/mol. The van der Waals surface area contributed by atoms with Crippen molar-refractivity contribution >= 4 is 0 Å². The molecule has 0 aliphatic carbocycles. The highest BCUT2D eigenvalue weighted by Crippen LogP contribution is 2.29. The highest BCUT2D eigenvalue weighted by Gasteiger charge is 2.37. The van der Waals surface area contributed by atoms with Gasteiger partial charge in [0.15, 0.2) is 0 Å². The van der Waals surface area contributed by atoms with E-state index in [0.29, 0.717) is 0 Å². The van der Waals surface area contributed by atoms with E-state index < -0.39 is 24.2 Å². The minimum Gasteiger partial charge on any atom is -0.392 e. The zero-order valence-corrected chi connectivity index (χ0v) is 7.10.